The van der Waals surface area contributed by atoms with E-state index < -0.39 is 0 Å². The van der Waals surface area contributed by atoms with Crippen LogP contribution in [0.4, 0.5) is 11.4 Å². The second-order valence-electron chi connectivity index (χ2n) is 8.92. The normalized spacial score (nSPS) is 24.9. The lowest BCUT2D eigenvalue weighted by Crippen LogP contribution is -2.46. The molecule has 4 heterocycles. The van der Waals surface area contributed by atoms with Gasteiger partial charge in [0.15, 0.2) is 0 Å². The van der Waals surface area contributed by atoms with E-state index in [1.165, 1.54) is 27.8 Å². The third-order valence-electron chi connectivity index (χ3n) is 7.01. The van der Waals surface area contributed by atoms with Gasteiger partial charge in [-0.15, -0.1) is 0 Å². The maximum atomic E-state index is 6.43. The number of aromatic nitrogens is 1. The van der Waals surface area contributed by atoms with E-state index in [2.05, 4.69) is 59.2 Å². The summed E-state index contributed by atoms with van der Waals surface area (Å²) in [5, 5.41) is 4.75. The molecule has 0 bridgehead atoms. The molecule has 3 aliphatic rings. The molecule has 5 nitrogen and oxygen atoms in total. The molecule has 0 radical (unpaired) electrons. The Morgan fingerprint density at radius 1 is 1.06 bits per heavy atom. The van der Waals surface area contributed by atoms with Gasteiger partial charge in [0.1, 0.15) is 0 Å². The molecule has 2 saturated heterocycles. The van der Waals surface area contributed by atoms with Gasteiger partial charge in [0, 0.05) is 41.0 Å². The van der Waals surface area contributed by atoms with Crippen LogP contribution in [0, 0.1) is 10.5 Å². The molecule has 0 aliphatic carbocycles. The second kappa shape index (κ2) is 8.96. The van der Waals surface area contributed by atoms with Crippen molar-refractivity contribution in [1.82, 2.24) is 14.8 Å². The van der Waals surface area contributed by atoms with Gasteiger partial charge < -0.3 is 15.1 Å². The molecule has 2 atom stereocenters. The van der Waals surface area contributed by atoms with Crippen LogP contribution in [-0.2, 0) is 0 Å². The van der Waals surface area contributed by atoms with Crippen LogP contribution in [-0.4, -0.2) is 64.7 Å². The fraction of sp³-hybridized carbons (Fsp3) is 0.500. The smallest absolute Gasteiger partial charge is 0.0755 e. The van der Waals surface area contributed by atoms with Gasteiger partial charge in [-0.2, -0.15) is 0 Å². The number of halogens is 2. The number of hydrogen-bond acceptors (Lipinski definition) is 5. The first-order chi connectivity index (χ1) is 15.0. The average Bonchev–Trinajstić information content (AvgIpc) is 3.21. The van der Waals surface area contributed by atoms with Crippen molar-refractivity contribution in [2.45, 2.75) is 38.3 Å². The third kappa shape index (κ3) is 4.12. The number of piperazine rings is 1. The summed E-state index contributed by atoms with van der Waals surface area (Å²) in [7, 11) is 4.49. The van der Waals surface area contributed by atoms with E-state index in [0.717, 1.165) is 48.9 Å². The molecule has 31 heavy (non-hydrogen) atoms. The molecule has 3 aliphatic heterocycles. The number of hydrogen-bond donors (Lipinski definition) is 1. The molecule has 1 N–H and O–H groups in total. The summed E-state index contributed by atoms with van der Waals surface area (Å²) in [5.41, 5.74) is 5.04. The predicted molar refractivity (Wildman–Crippen MR) is 140 cm³/mol. The quantitative estimate of drug-likeness (QED) is 0.559. The van der Waals surface area contributed by atoms with Crippen LogP contribution in [0.1, 0.15) is 36.6 Å². The minimum absolute atomic E-state index is 0.168. The standard InChI is InChI=1S/C24H31ClIN5/c1-16-17(25)10-11-27-22(16)19-7-5-9-21(30(19)3)24-26-18-6-4-8-20(23(18)28-24)31-14-12-29(2)13-15-31/h4,6,8,10-11,19,21,28H,5,7,9,12-15H2,1-3H3/t19-,21+/m0/s1. The Morgan fingerprint density at radius 2 is 1.84 bits per heavy atom. The Labute approximate surface area is 200 Å². The van der Waals surface area contributed by atoms with Crippen molar-refractivity contribution >= 4 is 47.3 Å². The van der Waals surface area contributed by atoms with Crippen LogP contribution in [0.25, 0.3) is 0 Å². The van der Waals surface area contributed by atoms with Crippen molar-refractivity contribution < 1.29 is 0 Å². The fourth-order valence-corrected chi connectivity index (χ4v) is 8.41. The molecule has 0 spiro atoms. The lowest BCUT2D eigenvalue weighted by Gasteiger charge is -2.40. The summed E-state index contributed by atoms with van der Waals surface area (Å²) in [6.45, 7) is 6.58. The molecule has 166 valence electrons. The van der Waals surface area contributed by atoms with Crippen LogP contribution in [0.3, 0.4) is 0 Å². The van der Waals surface area contributed by atoms with E-state index in [0.29, 0.717) is 12.1 Å². The van der Waals surface area contributed by atoms with Crippen LogP contribution in [0.5, 0.6) is 0 Å². The highest BCUT2D eigenvalue weighted by Crippen LogP contribution is 2.42. The summed E-state index contributed by atoms with van der Waals surface area (Å²) < 4.78 is 3.08. The number of likely N-dealkylation sites (N-methyl/N-ethyl adjacent to an activating group) is 2. The molecule has 2 aromatic rings. The van der Waals surface area contributed by atoms with Gasteiger partial charge in [-0.1, -0.05) is 38.4 Å². The zero-order valence-corrected chi connectivity index (χ0v) is 21.4. The topological polar surface area (TPSA) is 34.6 Å². The Morgan fingerprint density at radius 3 is 2.65 bits per heavy atom. The van der Waals surface area contributed by atoms with Crippen molar-refractivity contribution in [1.29, 1.82) is 0 Å². The van der Waals surface area contributed by atoms with Crippen LogP contribution >= 0.6 is 32.3 Å². The number of benzene rings is 1. The van der Waals surface area contributed by atoms with Gasteiger partial charge in [0.05, 0.1) is 32.8 Å². The van der Waals surface area contributed by atoms with E-state index in [1.54, 1.807) is 3.63 Å². The minimum Gasteiger partial charge on any atom is -0.367 e. The molecule has 1 aromatic carbocycles. The van der Waals surface area contributed by atoms with E-state index >= 15 is 0 Å². The van der Waals surface area contributed by atoms with Gasteiger partial charge in [0.2, 0.25) is 0 Å². The predicted octanol–water partition coefficient (Wildman–Crippen LogP) is 4.72. The fourth-order valence-electron chi connectivity index (χ4n) is 5.05. The molecular weight excluding hydrogens is 521 g/mol. The molecule has 5 rings (SSSR count). The van der Waals surface area contributed by atoms with Gasteiger partial charge in [-0.05, 0) is 64.0 Å². The summed E-state index contributed by atoms with van der Waals surface area (Å²) >= 11 is 6.26. The van der Waals surface area contributed by atoms with Crippen LogP contribution in [0.2, 0.25) is 5.02 Å². The first kappa shape index (κ1) is 21.6. The molecule has 1 aromatic heterocycles. The Kier molecular flexibility index (Phi) is 6.25. The highest BCUT2D eigenvalue weighted by Gasteiger charge is 2.35. The number of likely N-dealkylation sites (tertiary alicyclic amines) is 1. The lowest BCUT2D eigenvalue weighted by atomic mass is 9.92. The largest absolute Gasteiger partial charge is 0.367 e. The Hall–Kier alpha value is -1.22. The van der Waals surface area contributed by atoms with Crippen molar-refractivity contribution in [2.75, 3.05) is 50.5 Å². The van der Waals surface area contributed by atoms with Crippen molar-refractivity contribution in [3.63, 3.8) is 0 Å². The molecular formula is C24H31ClIN5. The number of rotatable bonds is 3. The zero-order chi connectivity index (χ0) is 21.5. The lowest BCUT2D eigenvalue weighted by molar-refractivity contribution is 0.152. The number of nitrogens with zero attached hydrogens (tertiary/aromatic N) is 4. The minimum atomic E-state index is -0.168. The third-order valence-corrected chi connectivity index (χ3v) is 10.5. The number of piperidine rings is 1. The molecule has 7 heteroatoms. The van der Waals surface area contributed by atoms with Gasteiger partial charge >= 0.3 is 0 Å². The van der Waals surface area contributed by atoms with E-state index in [4.69, 9.17) is 16.6 Å². The van der Waals surface area contributed by atoms with Crippen LogP contribution in [0.15, 0.2) is 30.5 Å². The van der Waals surface area contributed by atoms with E-state index in [9.17, 15) is 0 Å². The molecule has 0 amide bonds. The van der Waals surface area contributed by atoms with E-state index in [-0.39, 0.29) is 20.7 Å². The molecule has 0 unspecified atom stereocenters. The first-order valence-electron chi connectivity index (χ1n) is 11.2. The SMILES string of the molecule is Cc1c(Cl)ccnc1[C@@H]1CCC[C@H](C2=Ic3cccc(N4CCN(C)CC4)c3N2)N1C. The summed E-state index contributed by atoms with van der Waals surface area (Å²) in [4.78, 5) is 12.3. The van der Waals surface area contributed by atoms with E-state index in [1.807, 2.05) is 12.3 Å². The zero-order valence-electron chi connectivity index (χ0n) is 18.5. The maximum absolute atomic E-state index is 6.43. The molecule has 0 saturated carbocycles. The Bertz CT molecular complexity index is 1000. The monoisotopic (exact) mass is 551 g/mol. The summed E-state index contributed by atoms with van der Waals surface area (Å²) in [5.74, 6) is 0. The van der Waals surface area contributed by atoms with Gasteiger partial charge in [0.25, 0.3) is 0 Å². The summed E-state index contributed by atoms with van der Waals surface area (Å²) in [6.07, 6.45) is 5.44. The second-order valence-corrected chi connectivity index (χ2v) is 12.2. The number of nitrogens with one attached hydrogen (secondary N) is 1. The number of pyridine rings is 1. The number of para-hydroxylation sites is 1. The van der Waals surface area contributed by atoms with Crippen LogP contribution < -0.4 is 10.2 Å². The maximum Gasteiger partial charge on any atom is 0.0755 e. The van der Waals surface area contributed by atoms with Crippen molar-refractivity contribution in [3.8, 4) is 0 Å². The summed E-state index contributed by atoms with van der Waals surface area (Å²) in [6, 6.07) is 9.58. The average molecular weight is 552 g/mol. The van der Waals surface area contributed by atoms with Gasteiger partial charge in [-0.25, -0.2) is 0 Å². The molecule has 2 fully saturated rings. The highest BCUT2D eigenvalue weighted by atomic mass is 127. The van der Waals surface area contributed by atoms with Crippen molar-refractivity contribution in [2.24, 2.45) is 0 Å². The number of anilines is 2. The highest BCUT2D eigenvalue weighted by molar-refractivity contribution is 14.2. The first-order valence-corrected chi connectivity index (χ1v) is 13.7. The number of fused-ring (bicyclic) bond motifs is 1. The Balaban J connectivity index is 1.38. The van der Waals surface area contributed by atoms with Gasteiger partial charge in [-0.3, -0.25) is 9.88 Å². The van der Waals surface area contributed by atoms with Crippen molar-refractivity contribution in [3.05, 3.63) is 50.3 Å².